The zero-order valence-corrected chi connectivity index (χ0v) is 15.4. The highest BCUT2D eigenvalue weighted by molar-refractivity contribution is 6.08. The maximum absolute atomic E-state index is 13.0. The Morgan fingerprint density at radius 1 is 0.964 bits per heavy atom. The molecule has 0 aliphatic rings. The number of nitrogens with one attached hydrogen (secondary N) is 3. The van der Waals surface area contributed by atoms with E-state index in [1.165, 1.54) is 6.92 Å². The minimum absolute atomic E-state index is 0.0805. The lowest BCUT2D eigenvalue weighted by molar-refractivity contribution is -0.137. The summed E-state index contributed by atoms with van der Waals surface area (Å²) in [4.78, 5) is 27.0. The predicted octanol–water partition coefficient (Wildman–Crippen LogP) is 5.01. The Morgan fingerprint density at radius 2 is 1.68 bits per heavy atom. The third-order valence-electron chi connectivity index (χ3n) is 4.24. The third kappa shape index (κ3) is 4.00. The van der Waals surface area contributed by atoms with Gasteiger partial charge in [-0.15, -0.1) is 0 Å². The van der Waals surface area contributed by atoms with Gasteiger partial charge in [0.05, 0.1) is 16.9 Å². The molecule has 2 amide bonds. The lowest BCUT2D eigenvalue weighted by Crippen LogP contribution is -2.16. The lowest BCUT2D eigenvalue weighted by atomic mass is 10.1. The van der Waals surface area contributed by atoms with Gasteiger partial charge in [0.1, 0.15) is 5.69 Å². The van der Waals surface area contributed by atoms with Crippen molar-refractivity contribution in [3.63, 3.8) is 0 Å². The normalized spacial score (nSPS) is 11.5. The molecule has 0 aliphatic heterocycles. The quantitative estimate of drug-likeness (QED) is 0.589. The average molecular weight is 389 g/mol. The van der Waals surface area contributed by atoms with Crippen LogP contribution in [0.4, 0.5) is 24.5 Å². The number of aromatic amines is 1. The first-order valence-electron chi connectivity index (χ1n) is 8.45. The number of amides is 2. The van der Waals surface area contributed by atoms with Crippen LogP contribution in [0.15, 0.2) is 36.4 Å². The van der Waals surface area contributed by atoms with Gasteiger partial charge in [-0.25, -0.2) is 0 Å². The molecule has 0 radical (unpaired) electrons. The number of alkyl halides is 3. The second-order valence-corrected chi connectivity index (χ2v) is 6.62. The number of hydrogen-bond donors (Lipinski definition) is 3. The van der Waals surface area contributed by atoms with E-state index in [0.29, 0.717) is 0 Å². The number of carbonyl (C=O) groups is 2. The van der Waals surface area contributed by atoms with Crippen molar-refractivity contribution in [3.05, 3.63) is 58.8 Å². The summed E-state index contributed by atoms with van der Waals surface area (Å²) in [5.74, 6) is -1.08. The number of carbonyl (C=O) groups excluding carboxylic acids is 2. The van der Waals surface area contributed by atoms with Gasteiger partial charge < -0.3 is 15.6 Å². The summed E-state index contributed by atoms with van der Waals surface area (Å²) in [7, 11) is 0. The van der Waals surface area contributed by atoms with E-state index in [1.807, 2.05) is 26.0 Å². The second kappa shape index (κ2) is 7.03. The molecule has 28 heavy (non-hydrogen) atoms. The average Bonchev–Trinajstić information content (AvgIpc) is 2.99. The van der Waals surface area contributed by atoms with Gasteiger partial charge in [-0.05, 0) is 55.3 Å². The summed E-state index contributed by atoms with van der Waals surface area (Å²) >= 11 is 0. The summed E-state index contributed by atoms with van der Waals surface area (Å²) in [6.07, 6.45) is -4.58. The fourth-order valence-electron chi connectivity index (χ4n) is 3.03. The maximum atomic E-state index is 13.0. The highest BCUT2D eigenvalue weighted by atomic mass is 19.4. The number of halogens is 3. The molecule has 0 saturated heterocycles. The SMILES string of the molecule is CC(=O)Nc1ccc(C(F)(F)F)cc1NC(=O)c1cc2c(C)cc(C)cc2[nH]1. The van der Waals surface area contributed by atoms with Crippen LogP contribution >= 0.6 is 0 Å². The Hall–Kier alpha value is -3.29. The second-order valence-electron chi connectivity index (χ2n) is 6.62. The summed E-state index contributed by atoms with van der Waals surface area (Å²) < 4.78 is 39.1. The molecule has 0 fully saturated rings. The van der Waals surface area contributed by atoms with Crippen LogP contribution in [0.25, 0.3) is 10.9 Å². The van der Waals surface area contributed by atoms with Gasteiger partial charge in [0, 0.05) is 17.8 Å². The van der Waals surface area contributed by atoms with E-state index < -0.39 is 23.6 Å². The zero-order valence-electron chi connectivity index (χ0n) is 15.4. The van der Waals surface area contributed by atoms with Gasteiger partial charge in [0.15, 0.2) is 0 Å². The fourth-order valence-corrected chi connectivity index (χ4v) is 3.03. The molecule has 0 bridgehead atoms. The lowest BCUT2D eigenvalue weighted by Gasteiger charge is -2.14. The van der Waals surface area contributed by atoms with E-state index >= 15 is 0 Å². The number of aromatic nitrogens is 1. The number of hydrogen-bond acceptors (Lipinski definition) is 2. The Bertz CT molecular complexity index is 1080. The summed E-state index contributed by atoms with van der Waals surface area (Å²) in [6.45, 7) is 5.06. The van der Waals surface area contributed by atoms with Crippen LogP contribution in [-0.2, 0) is 11.0 Å². The van der Waals surface area contributed by atoms with E-state index in [0.717, 1.165) is 40.2 Å². The van der Waals surface area contributed by atoms with Crippen molar-refractivity contribution in [1.82, 2.24) is 4.98 Å². The standard InChI is InChI=1S/C20H18F3N3O2/c1-10-6-11(2)14-9-18(25-16(14)7-10)19(28)26-17-8-13(20(21,22)23)4-5-15(17)24-12(3)27/h4-9,25H,1-3H3,(H,24,27)(H,26,28). The molecule has 3 N–H and O–H groups in total. The van der Waals surface area contributed by atoms with E-state index in [4.69, 9.17) is 0 Å². The first kappa shape index (κ1) is 19.5. The van der Waals surface area contributed by atoms with Crippen LogP contribution in [0.1, 0.15) is 34.1 Å². The number of anilines is 2. The van der Waals surface area contributed by atoms with E-state index in [9.17, 15) is 22.8 Å². The summed E-state index contributed by atoms with van der Waals surface area (Å²) in [5, 5.41) is 5.72. The minimum Gasteiger partial charge on any atom is -0.351 e. The molecule has 0 saturated carbocycles. The number of aryl methyl sites for hydroxylation is 2. The van der Waals surface area contributed by atoms with Crippen LogP contribution in [-0.4, -0.2) is 16.8 Å². The predicted molar refractivity (Wildman–Crippen MR) is 101 cm³/mol. The molecule has 3 aromatic rings. The van der Waals surface area contributed by atoms with Crippen LogP contribution in [0.5, 0.6) is 0 Å². The molecule has 1 aromatic heterocycles. The van der Waals surface area contributed by atoms with Crippen molar-refractivity contribution in [2.75, 3.05) is 10.6 Å². The molecule has 0 unspecified atom stereocenters. The van der Waals surface area contributed by atoms with Crippen molar-refractivity contribution in [1.29, 1.82) is 0 Å². The number of benzene rings is 2. The zero-order chi connectivity index (χ0) is 20.6. The van der Waals surface area contributed by atoms with Crippen molar-refractivity contribution >= 4 is 34.1 Å². The monoisotopic (exact) mass is 389 g/mol. The molecular formula is C20H18F3N3O2. The van der Waals surface area contributed by atoms with Crippen LogP contribution in [0.2, 0.25) is 0 Å². The molecule has 3 rings (SSSR count). The van der Waals surface area contributed by atoms with Gasteiger partial charge in [0.25, 0.3) is 5.91 Å². The Kier molecular flexibility index (Phi) is 4.89. The molecular weight excluding hydrogens is 371 g/mol. The number of fused-ring (bicyclic) bond motifs is 1. The molecule has 0 spiro atoms. The molecule has 5 nitrogen and oxygen atoms in total. The minimum atomic E-state index is -4.58. The van der Waals surface area contributed by atoms with Gasteiger partial charge in [-0.2, -0.15) is 13.2 Å². The van der Waals surface area contributed by atoms with Gasteiger partial charge in [-0.3, -0.25) is 9.59 Å². The van der Waals surface area contributed by atoms with E-state index in [1.54, 1.807) is 6.07 Å². The highest BCUT2D eigenvalue weighted by Gasteiger charge is 2.31. The van der Waals surface area contributed by atoms with Crippen molar-refractivity contribution in [2.24, 2.45) is 0 Å². The Morgan fingerprint density at radius 3 is 2.32 bits per heavy atom. The largest absolute Gasteiger partial charge is 0.416 e. The van der Waals surface area contributed by atoms with E-state index in [2.05, 4.69) is 15.6 Å². The molecule has 0 aliphatic carbocycles. The summed E-state index contributed by atoms with van der Waals surface area (Å²) in [6, 6.07) is 8.24. The Balaban J connectivity index is 1.98. The maximum Gasteiger partial charge on any atom is 0.416 e. The van der Waals surface area contributed by atoms with Crippen molar-refractivity contribution in [3.8, 4) is 0 Å². The van der Waals surface area contributed by atoms with Gasteiger partial charge in [0.2, 0.25) is 5.91 Å². The van der Waals surface area contributed by atoms with Gasteiger partial charge in [-0.1, -0.05) is 6.07 Å². The topological polar surface area (TPSA) is 74.0 Å². The van der Waals surface area contributed by atoms with Crippen LogP contribution in [0.3, 0.4) is 0 Å². The molecule has 1 heterocycles. The first-order valence-corrected chi connectivity index (χ1v) is 8.45. The smallest absolute Gasteiger partial charge is 0.351 e. The first-order chi connectivity index (χ1) is 13.0. The molecule has 8 heteroatoms. The van der Waals surface area contributed by atoms with Crippen molar-refractivity contribution in [2.45, 2.75) is 26.9 Å². The van der Waals surface area contributed by atoms with E-state index in [-0.39, 0.29) is 17.1 Å². The highest BCUT2D eigenvalue weighted by Crippen LogP contribution is 2.34. The number of H-pyrrole nitrogens is 1. The summed E-state index contributed by atoms with van der Waals surface area (Å²) in [5.41, 5.74) is 1.97. The van der Waals surface area contributed by atoms with Crippen LogP contribution in [0, 0.1) is 13.8 Å². The Labute approximate surface area is 158 Å². The van der Waals surface area contributed by atoms with Crippen LogP contribution < -0.4 is 10.6 Å². The third-order valence-corrected chi connectivity index (χ3v) is 4.24. The molecule has 0 atom stereocenters. The van der Waals surface area contributed by atoms with Gasteiger partial charge >= 0.3 is 6.18 Å². The molecule has 146 valence electrons. The molecule has 2 aromatic carbocycles. The fraction of sp³-hybridized carbons (Fsp3) is 0.200. The number of rotatable bonds is 3. The van der Waals surface area contributed by atoms with Crippen molar-refractivity contribution < 1.29 is 22.8 Å².